The van der Waals surface area contributed by atoms with E-state index in [-0.39, 0.29) is 17.9 Å². The molecule has 2 heterocycles. The molecule has 5 unspecified atom stereocenters. The lowest BCUT2D eigenvalue weighted by Crippen LogP contribution is -2.69. The van der Waals surface area contributed by atoms with Crippen molar-refractivity contribution in [3.63, 3.8) is 0 Å². The molecule has 2 aliphatic heterocycles. The largest absolute Gasteiger partial charge is 0.480 e. The average Bonchev–Trinajstić information content (AvgIpc) is 2.67. The molecule has 2 N–H and O–H groups in total. The van der Waals surface area contributed by atoms with Crippen LogP contribution in [-0.4, -0.2) is 66.6 Å². The number of ether oxygens (including phenoxy) is 5. The second-order valence-electron chi connectivity index (χ2n) is 9.62. The topological polar surface area (TPSA) is 113 Å². The highest BCUT2D eigenvalue weighted by molar-refractivity contribution is 5.73. The molecule has 0 aromatic heterocycles. The normalized spacial score (nSPS) is 29.6. The molecule has 2 aliphatic rings. The quantitative estimate of drug-likeness (QED) is 0.677. The van der Waals surface area contributed by atoms with Gasteiger partial charge in [-0.05, 0) is 37.0 Å². The number of carbonyl (C=O) groups is 2. The summed E-state index contributed by atoms with van der Waals surface area (Å²) < 4.78 is 29.6. The fourth-order valence-electron chi connectivity index (χ4n) is 3.85. The van der Waals surface area contributed by atoms with Gasteiger partial charge in [0.25, 0.3) is 0 Å². The molecule has 32 heavy (non-hydrogen) atoms. The molecule has 178 valence electrons. The first-order valence-electron chi connectivity index (χ1n) is 10.7. The van der Waals surface area contributed by atoms with Crippen LogP contribution in [0.25, 0.3) is 0 Å². The van der Waals surface area contributed by atoms with E-state index in [0.29, 0.717) is 5.75 Å². The molecule has 3 rings (SSSR count). The van der Waals surface area contributed by atoms with Gasteiger partial charge in [-0.2, -0.15) is 0 Å². The highest BCUT2D eigenvalue weighted by Gasteiger charge is 2.53. The first-order valence-corrected chi connectivity index (χ1v) is 10.7. The first kappa shape index (κ1) is 24.4. The number of amides is 1. The lowest BCUT2D eigenvalue weighted by Gasteiger charge is -2.50. The number of benzene rings is 1. The molecule has 9 heteroatoms. The van der Waals surface area contributed by atoms with Crippen molar-refractivity contribution in [3.05, 3.63) is 29.8 Å². The van der Waals surface area contributed by atoms with Gasteiger partial charge in [0, 0.05) is 6.92 Å². The SMILES string of the molecule is CC(=O)NC1C(Oc2ccc(C(C)(C)C)cc2)OC2COC(C)(C)OC2C1OCC(=O)O. The summed E-state index contributed by atoms with van der Waals surface area (Å²) in [6.45, 7) is 10.9. The van der Waals surface area contributed by atoms with E-state index in [0.717, 1.165) is 5.56 Å². The summed E-state index contributed by atoms with van der Waals surface area (Å²) in [4.78, 5) is 23.2. The molecule has 1 aromatic carbocycles. The summed E-state index contributed by atoms with van der Waals surface area (Å²) in [6, 6.07) is 6.82. The fourth-order valence-corrected chi connectivity index (χ4v) is 3.85. The second kappa shape index (κ2) is 9.35. The Labute approximate surface area is 188 Å². The van der Waals surface area contributed by atoms with Gasteiger partial charge in [-0.3, -0.25) is 4.79 Å². The number of hydrogen-bond donors (Lipinski definition) is 2. The molecule has 0 bridgehead atoms. The van der Waals surface area contributed by atoms with Crippen LogP contribution in [0.5, 0.6) is 5.75 Å². The number of aliphatic carboxylic acids is 1. The molecule has 2 fully saturated rings. The van der Waals surface area contributed by atoms with Crippen molar-refractivity contribution in [1.82, 2.24) is 5.32 Å². The number of nitrogens with one attached hydrogen (secondary N) is 1. The predicted octanol–water partition coefficient (Wildman–Crippen LogP) is 2.21. The maximum atomic E-state index is 12.0. The zero-order valence-electron chi connectivity index (χ0n) is 19.4. The molecular weight excluding hydrogens is 418 g/mol. The molecular formula is C23H33NO8. The molecule has 0 saturated carbocycles. The Morgan fingerprint density at radius 3 is 2.44 bits per heavy atom. The highest BCUT2D eigenvalue weighted by atomic mass is 16.8. The second-order valence-corrected chi connectivity index (χ2v) is 9.62. The summed E-state index contributed by atoms with van der Waals surface area (Å²) in [5.41, 5.74) is 1.14. The van der Waals surface area contributed by atoms with Gasteiger partial charge >= 0.3 is 5.97 Å². The van der Waals surface area contributed by atoms with Crippen molar-refractivity contribution in [2.24, 2.45) is 0 Å². The summed E-state index contributed by atoms with van der Waals surface area (Å²) in [7, 11) is 0. The summed E-state index contributed by atoms with van der Waals surface area (Å²) in [5.74, 6) is -1.82. The van der Waals surface area contributed by atoms with Crippen LogP contribution in [0.2, 0.25) is 0 Å². The Morgan fingerprint density at radius 2 is 1.88 bits per heavy atom. The van der Waals surface area contributed by atoms with Gasteiger partial charge in [-0.1, -0.05) is 32.9 Å². The van der Waals surface area contributed by atoms with E-state index in [1.807, 2.05) is 24.3 Å². The van der Waals surface area contributed by atoms with E-state index >= 15 is 0 Å². The molecule has 1 amide bonds. The zero-order valence-corrected chi connectivity index (χ0v) is 19.4. The summed E-state index contributed by atoms with van der Waals surface area (Å²) in [6.07, 6.45) is -2.98. The maximum absolute atomic E-state index is 12.0. The van der Waals surface area contributed by atoms with Gasteiger partial charge < -0.3 is 34.1 Å². The number of fused-ring (bicyclic) bond motifs is 1. The van der Waals surface area contributed by atoms with E-state index in [4.69, 9.17) is 28.8 Å². The molecule has 0 spiro atoms. The third-order valence-electron chi connectivity index (χ3n) is 5.40. The van der Waals surface area contributed by atoms with Crippen molar-refractivity contribution in [2.45, 2.75) is 83.4 Å². The number of rotatable bonds is 6. The number of carbonyl (C=O) groups excluding carboxylic acids is 1. The third kappa shape index (κ3) is 5.98. The van der Waals surface area contributed by atoms with Gasteiger partial charge in [0.1, 0.15) is 36.7 Å². The minimum Gasteiger partial charge on any atom is -0.480 e. The Balaban J connectivity index is 1.88. The predicted molar refractivity (Wildman–Crippen MR) is 114 cm³/mol. The van der Waals surface area contributed by atoms with E-state index in [9.17, 15) is 9.59 Å². The van der Waals surface area contributed by atoms with Crippen molar-refractivity contribution in [2.75, 3.05) is 13.2 Å². The van der Waals surface area contributed by atoms with Crippen LogP contribution >= 0.6 is 0 Å². The Morgan fingerprint density at radius 1 is 1.22 bits per heavy atom. The number of hydrogen-bond acceptors (Lipinski definition) is 7. The summed E-state index contributed by atoms with van der Waals surface area (Å²) >= 11 is 0. The zero-order chi connectivity index (χ0) is 23.7. The van der Waals surface area contributed by atoms with Gasteiger partial charge in [-0.15, -0.1) is 0 Å². The van der Waals surface area contributed by atoms with Crippen LogP contribution in [0.3, 0.4) is 0 Å². The van der Waals surface area contributed by atoms with Crippen LogP contribution in [0.4, 0.5) is 0 Å². The molecule has 0 aliphatic carbocycles. The number of carboxylic acid groups (broad SMARTS) is 1. The minimum atomic E-state index is -1.13. The van der Waals surface area contributed by atoms with E-state index in [1.54, 1.807) is 13.8 Å². The standard InChI is InChI=1S/C23H33NO8/c1-13(25)24-18-20(28-12-17(26)27)19-16(11-29-23(5,6)32-19)31-21(18)30-15-9-7-14(8-10-15)22(2,3)4/h7-10,16,18-21H,11-12H2,1-6H3,(H,24,25)(H,26,27). The Bertz CT molecular complexity index is 816. The smallest absolute Gasteiger partial charge is 0.329 e. The molecule has 0 radical (unpaired) electrons. The van der Waals surface area contributed by atoms with Crippen LogP contribution in [0.1, 0.15) is 47.1 Å². The van der Waals surface area contributed by atoms with Gasteiger partial charge in [0.2, 0.25) is 12.2 Å². The van der Waals surface area contributed by atoms with Crippen LogP contribution in [0, 0.1) is 0 Å². The monoisotopic (exact) mass is 451 g/mol. The molecule has 2 saturated heterocycles. The van der Waals surface area contributed by atoms with Crippen molar-refractivity contribution < 1.29 is 38.4 Å². The molecule has 1 aromatic rings. The van der Waals surface area contributed by atoms with E-state index in [2.05, 4.69) is 26.1 Å². The van der Waals surface area contributed by atoms with Crippen molar-refractivity contribution in [1.29, 1.82) is 0 Å². The van der Waals surface area contributed by atoms with Crippen LogP contribution < -0.4 is 10.1 Å². The molecule has 5 atom stereocenters. The average molecular weight is 452 g/mol. The van der Waals surface area contributed by atoms with Gasteiger partial charge in [-0.25, -0.2) is 4.79 Å². The van der Waals surface area contributed by atoms with Crippen molar-refractivity contribution >= 4 is 11.9 Å². The third-order valence-corrected chi connectivity index (χ3v) is 5.40. The highest BCUT2D eigenvalue weighted by Crippen LogP contribution is 2.35. The Kier molecular flexibility index (Phi) is 7.14. The van der Waals surface area contributed by atoms with E-state index < -0.39 is 49.0 Å². The van der Waals surface area contributed by atoms with Crippen molar-refractivity contribution in [3.8, 4) is 5.75 Å². The summed E-state index contributed by atoms with van der Waals surface area (Å²) in [5, 5.41) is 12.0. The van der Waals surface area contributed by atoms with Crippen LogP contribution in [0.15, 0.2) is 24.3 Å². The van der Waals surface area contributed by atoms with E-state index in [1.165, 1.54) is 6.92 Å². The maximum Gasteiger partial charge on any atom is 0.329 e. The Hall–Kier alpha value is -2.20. The lowest BCUT2D eigenvalue weighted by molar-refractivity contribution is -0.364. The molecule has 9 nitrogen and oxygen atoms in total. The number of carboxylic acids is 1. The first-order chi connectivity index (χ1) is 14.9. The minimum absolute atomic E-state index is 0.00877. The van der Waals surface area contributed by atoms with Crippen LogP contribution in [-0.2, 0) is 34.0 Å². The van der Waals surface area contributed by atoms with Gasteiger partial charge in [0.15, 0.2) is 5.79 Å². The lowest BCUT2D eigenvalue weighted by atomic mass is 9.87. The van der Waals surface area contributed by atoms with Gasteiger partial charge in [0.05, 0.1) is 6.61 Å². The fraction of sp³-hybridized carbons (Fsp3) is 0.652.